The van der Waals surface area contributed by atoms with Crippen LogP contribution in [-0.4, -0.2) is 32.0 Å². The lowest BCUT2D eigenvalue weighted by Gasteiger charge is -2.11. The van der Waals surface area contributed by atoms with Crippen LogP contribution in [0.25, 0.3) is 0 Å². The molecule has 142 valence electrons. The maximum absolute atomic E-state index is 12.2. The number of carbonyl (C=O) groups excluding carboxylic acids is 2. The number of carbonyl (C=O) groups is 2. The summed E-state index contributed by atoms with van der Waals surface area (Å²) in [6, 6.07) is 4.69. The normalized spacial score (nSPS) is 9.96. The van der Waals surface area contributed by atoms with Crippen LogP contribution in [0.5, 0.6) is 5.75 Å². The predicted octanol–water partition coefficient (Wildman–Crippen LogP) is 2.80. The largest absolute Gasteiger partial charge is 0.496 e. The van der Waals surface area contributed by atoms with Gasteiger partial charge in [-0.15, -0.1) is 12.4 Å². The highest BCUT2D eigenvalue weighted by Gasteiger charge is 2.15. The van der Waals surface area contributed by atoms with Gasteiger partial charge in [-0.25, -0.2) is 0 Å². The third kappa shape index (κ3) is 5.31. The fourth-order valence-electron chi connectivity index (χ4n) is 2.19. The van der Waals surface area contributed by atoms with Gasteiger partial charge in [-0.3, -0.25) is 9.59 Å². The number of nitrogens with one attached hydrogen (secondary N) is 2. The number of hydrogen-bond acceptors (Lipinski definition) is 5. The van der Waals surface area contributed by atoms with Gasteiger partial charge in [0.05, 0.1) is 29.6 Å². The molecule has 0 saturated carbocycles. The number of furan rings is 1. The SMILES string of the molecule is COc1cc(N)c(Cl)cc1C(=O)NCCCNC(=O)c1occc1C.Cl. The molecule has 1 aromatic carbocycles. The third-order valence-corrected chi connectivity index (χ3v) is 3.88. The number of aryl methyl sites for hydroxylation is 1. The minimum absolute atomic E-state index is 0. The van der Waals surface area contributed by atoms with Gasteiger partial charge >= 0.3 is 0 Å². The maximum Gasteiger partial charge on any atom is 0.287 e. The van der Waals surface area contributed by atoms with Gasteiger partial charge < -0.3 is 25.5 Å². The Labute approximate surface area is 162 Å². The Morgan fingerprint density at radius 1 is 1.23 bits per heavy atom. The van der Waals surface area contributed by atoms with E-state index in [2.05, 4.69) is 10.6 Å². The van der Waals surface area contributed by atoms with Crippen molar-refractivity contribution in [3.63, 3.8) is 0 Å². The first kappa shape index (κ1) is 21.7. The fourth-order valence-corrected chi connectivity index (χ4v) is 2.35. The van der Waals surface area contributed by atoms with Gasteiger partial charge in [-0.05, 0) is 25.5 Å². The number of anilines is 1. The molecule has 0 aliphatic carbocycles. The van der Waals surface area contributed by atoms with Gasteiger partial charge in [-0.2, -0.15) is 0 Å². The second kappa shape index (κ2) is 9.94. The van der Waals surface area contributed by atoms with Gasteiger partial charge in [0.15, 0.2) is 5.76 Å². The summed E-state index contributed by atoms with van der Waals surface area (Å²) in [6.45, 7) is 2.57. The molecule has 0 unspecified atom stereocenters. The van der Waals surface area contributed by atoms with Crippen LogP contribution in [0.3, 0.4) is 0 Å². The van der Waals surface area contributed by atoms with Crippen LogP contribution in [0.4, 0.5) is 5.69 Å². The van der Waals surface area contributed by atoms with Crippen molar-refractivity contribution < 1.29 is 18.7 Å². The van der Waals surface area contributed by atoms with Gasteiger partial charge in [0, 0.05) is 24.7 Å². The van der Waals surface area contributed by atoms with Crippen molar-refractivity contribution >= 4 is 41.5 Å². The Morgan fingerprint density at radius 2 is 1.88 bits per heavy atom. The van der Waals surface area contributed by atoms with Crippen LogP contribution in [0.1, 0.15) is 32.9 Å². The quantitative estimate of drug-likeness (QED) is 0.488. The van der Waals surface area contributed by atoms with Crippen LogP contribution < -0.4 is 21.1 Å². The van der Waals surface area contributed by atoms with Crippen molar-refractivity contribution in [2.24, 2.45) is 0 Å². The number of methoxy groups -OCH3 is 1. The van der Waals surface area contributed by atoms with E-state index in [0.717, 1.165) is 5.56 Å². The summed E-state index contributed by atoms with van der Waals surface area (Å²) in [5.41, 5.74) is 7.11. The van der Waals surface area contributed by atoms with E-state index in [0.29, 0.717) is 42.3 Å². The van der Waals surface area contributed by atoms with Crippen molar-refractivity contribution in [1.82, 2.24) is 10.6 Å². The van der Waals surface area contributed by atoms with Crippen LogP contribution in [0.15, 0.2) is 28.9 Å². The number of halogens is 2. The van der Waals surface area contributed by atoms with E-state index in [9.17, 15) is 9.59 Å². The van der Waals surface area contributed by atoms with Gasteiger partial charge in [0.2, 0.25) is 0 Å². The molecule has 2 aromatic rings. The van der Waals surface area contributed by atoms with Crippen molar-refractivity contribution in [2.75, 3.05) is 25.9 Å². The Hall–Kier alpha value is -2.38. The topological polar surface area (TPSA) is 107 Å². The van der Waals surface area contributed by atoms with E-state index in [-0.39, 0.29) is 29.2 Å². The smallest absolute Gasteiger partial charge is 0.287 e. The summed E-state index contributed by atoms with van der Waals surface area (Å²) in [5, 5.41) is 5.76. The van der Waals surface area contributed by atoms with Gasteiger partial charge in [0.1, 0.15) is 5.75 Å². The molecule has 0 aliphatic rings. The molecule has 0 aliphatic heterocycles. The Balaban J connectivity index is 0.00000338. The molecule has 2 amide bonds. The number of benzene rings is 1. The molecule has 0 spiro atoms. The van der Waals surface area contributed by atoms with E-state index >= 15 is 0 Å². The molecule has 4 N–H and O–H groups in total. The number of hydrogen-bond donors (Lipinski definition) is 3. The number of nitrogen functional groups attached to an aromatic ring is 1. The molecule has 0 atom stereocenters. The van der Waals surface area contributed by atoms with Gasteiger partial charge in [-0.1, -0.05) is 11.6 Å². The van der Waals surface area contributed by atoms with E-state index in [1.807, 2.05) is 0 Å². The van der Waals surface area contributed by atoms with Crippen molar-refractivity contribution in [3.8, 4) is 5.75 Å². The average Bonchev–Trinajstić information content (AvgIpc) is 3.02. The average molecular weight is 402 g/mol. The van der Waals surface area contributed by atoms with Crippen LogP contribution in [-0.2, 0) is 0 Å². The zero-order valence-electron chi connectivity index (χ0n) is 14.4. The zero-order valence-corrected chi connectivity index (χ0v) is 16.0. The summed E-state index contributed by atoms with van der Waals surface area (Å²) in [4.78, 5) is 24.1. The predicted molar refractivity (Wildman–Crippen MR) is 102 cm³/mol. The van der Waals surface area contributed by atoms with E-state index in [4.69, 9.17) is 26.5 Å². The molecule has 0 bridgehead atoms. The molecule has 1 heterocycles. The summed E-state index contributed by atoms with van der Waals surface area (Å²) >= 11 is 5.95. The minimum atomic E-state index is -0.327. The lowest BCUT2D eigenvalue weighted by Crippen LogP contribution is -2.30. The molecule has 0 fully saturated rings. The highest BCUT2D eigenvalue weighted by Crippen LogP contribution is 2.28. The Bertz CT molecular complexity index is 777. The highest BCUT2D eigenvalue weighted by molar-refractivity contribution is 6.33. The molecule has 1 aromatic heterocycles. The second-order valence-corrected chi connectivity index (χ2v) is 5.78. The van der Waals surface area contributed by atoms with E-state index in [1.165, 1.54) is 25.5 Å². The first-order valence-corrected chi connectivity index (χ1v) is 8.05. The van der Waals surface area contributed by atoms with Crippen molar-refractivity contribution in [2.45, 2.75) is 13.3 Å². The van der Waals surface area contributed by atoms with Crippen molar-refractivity contribution in [1.29, 1.82) is 0 Å². The monoisotopic (exact) mass is 401 g/mol. The molecule has 26 heavy (non-hydrogen) atoms. The zero-order chi connectivity index (χ0) is 18.4. The fraction of sp³-hybridized carbons (Fsp3) is 0.294. The Kier molecular flexibility index (Phi) is 8.28. The van der Waals surface area contributed by atoms with Crippen LogP contribution in [0, 0.1) is 6.92 Å². The number of ether oxygens (including phenoxy) is 1. The first-order valence-electron chi connectivity index (χ1n) is 7.67. The molecule has 0 radical (unpaired) electrons. The summed E-state index contributed by atoms with van der Waals surface area (Å²) < 4.78 is 10.3. The minimum Gasteiger partial charge on any atom is -0.496 e. The third-order valence-electron chi connectivity index (χ3n) is 3.56. The lowest BCUT2D eigenvalue weighted by molar-refractivity contribution is 0.0924. The molecular weight excluding hydrogens is 381 g/mol. The molecule has 2 rings (SSSR count). The van der Waals surface area contributed by atoms with E-state index in [1.54, 1.807) is 13.0 Å². The molecule has 7 nitrogen and oxygen atoms in total. The molecular formula is C17H21Cl2N3O4. The summed E-state index contributed by atoms with van der Waals surface area (Å²) in [6.07, 6.45) is 2.03. The summed E-state index contributed by atoms with van der Waals surface area (Å²) in [5.74, 6) is 0.0408. The standard InChI is InChI=1S/C17H20ClN3O4.ClH/c1-10-4-7-25-15(10)17(23)21-6-3-5-20-16(22)11-8-12(18)13(19)9-14(11)24-2;/h4,7-9H,3,5-6,19H2,1-2H3,(H,20,22)(H,21,23);1H. The van der Waals surface area contributed by atoms with Crippen molar-refractivity contribution in [3.05, 3.63) is 46.4 Å². The highest BCUT2D eigenvalue weighted by atomic mass is 35.5. The van der Waals surface area contributed by atoms with Crippen LogP contribution in [0.2, 0.25) is 5.02 Å². The second-order valence-electron chi connectivity index (χ2n) is 5.37. The maximum atomic E-state index is 12.2. The number of amides is 2. The summed E-state index contributed by atoms with van der Waals surface area (Å²) in [7, 11) is 1.45. The van der Waals surface area contributed by atoms with E-state index < -0.39 is 0 Å². The number of rotatable bonds is 7. The Morgan fingerprint density at radius 3 is 2.46 bits per heavy atom. The molecule has 9 heteroatoms. The van der Waals surface area contributed by atoms with Gasteiger partial charge in [0.25, 0.3) is 11.8 Å². The number of nitrogens with two attached hydrogens (primary N) is 1. The lowest BCUT2D eigenvalue weighted by atomic mass is 10.1. The molecule has 0 saturated heterocycles. The first-order chi connectivity index (χ1) is 11.9. The van der Waals surface area contributed by atoms with Crippen LogP contribution >= 0.6 is 24.0 Å².